The molecule has 0 saturated carbocycles. The molecule has 0 bridgehead atoms. The van der Waals surface area contributed by atoms with Crippen molar-refractivity contribution in [3.63, 3.8) is 0 Å². The van der Waals surface area contributed by atoms with Crippen LogP contribution >= 0.6 is 0 Å². The molecule has 1 aromatic carbocycles. The highest BCUT2D eigenvalue weighted by atomic mass is 16.3. The van der Waals surface area contributed by atoms with Crippen LogP contribution in [0.5, 0.6) is 0 Å². The third-order valence-corrected chi connectivity index (χ3v) is 2.78. The zero-order valence-electron chi connectivity index (χ0n) is 9.85. The predicted molar refractivity (Wildman–Crippen MR) is 66.6 cm³/mol. The molecule has 0 unspecified atom stereocenters. The quantitative estimate of drug-likeness (QED) is 0.798. The van der Waals surface area contributed by atoms with Crippen molar-refractivity contribution in [2.75, 3.05) is 19.7 Å². The number of aliphatic hydroxyl groups excluding tert-OH is 1. The fraction of sp³-hybridized carbons (Fsp3) is 0.231. The number of amides is 2. The topological polar surface area (TPSA) is 69.6 Å². The number of hydrogen-bond donors (Lipinski definition) is 2. The second kappa shape index (κ2) is 5.01. The van der Waals surface area contributed by atoms with E-state index in [1.165, 1.54) is 4.90 Å². The Hall–Kier alpha value is -2.14. The van der Waals surface area contributed by atoms with Gasteiger partial charge >= 0.3 is 0 Å². The first-order chi connectivity index (χ1) is 8.65. The van der Waals surface area contributed by atoms with E-state index in [2.05, 4.69) is 11.9 Å². The van der Waals surface area contributed by atoms with Crippen LogP contribution in [0.15, 0.2) is 30.8 Å². The van der Waals surface area contributed by atoms with E-state index in [-0.39, 0.29) is 31.5 Å². The molecule has 0 fully saturated rings. The Labute approximate surface area is 105 Å². The van der Waals surface area contributed by atoms with Gasteiger partial charge in [-0.15, -0.1) is 0 Å². The highest BCUT2D eigenvalue weighted by molar-refractivity contribution is 6.10. The van der Waals surface area contributed by atoms with Crippen molar-refractivity contribution in [3.8, 4) is 0 Å². The van der Waals surface area contributed by atoms with Gasteiger partial charge in [0.25, 0.3) is 5.91 Å². The van der Waals surface area contributed by atoms with Gasteiger partial charge < -0.3 is 10.4 Å². The molecule has 0 radical (unpaired) electrons. The highest BCUT2D eigenvalue weighted by Crippen LogP contribution is 2.30. The molecule has 1 aliphatic rings. The van der Waals surface area contributed by atoms with Crippen molar-refractivity contribution in [2.45, 2.75) is 0 Å². The smallest absolute Gasteiger partial charge is 0.259 e. The molecule has 1 aliphatic heterocycles. The number of fused-ring (bicyclic) bond motifs is 1. The lowest BCUT2D eigenvalue weighted by Crippen LogP contribution is -2.37. The molecule has 0 aliphatic carbocycles. The third kappa shape index (κ3) is 2.12. The Morgan fingerprint density at radius 1 is 1.33 bits per heavy atom. The monoisotopic (exact) mass is 246 g/mol. The Morgan fingerprint density at radius 3 is 2.61 bits per heavy atom. The molecular weight excluding hydrogens is 232 g/mol. The summed E-state index contributed by atoms with van der Waals surface area (Å²) in [6, 6.07) is 7.13. The maximum Gasteiger partial charge on any atom is 0.259 e. The second-order valence-corrected chi connectivity index (χ2v) is 3.96. The van der Waals surface area contributed by atoms with E-state index in [1.807, 2.05) is 6.07 Å². The van der Waals surface area contributed by atoms with Gasteiger partial charge in [0.15, 0.2) is 0 Å². The summed E-state index contributed by atoms with van der Waals surface area (Å²) >= 11 is 0. The van der Waals surface area contributed by atoms with E-state index in [0.717, 1.165) is 5.56 Å². The van der Waals surface area contributed by atoms with E-state index >= 15 is 0 Å². The molecule has 0 spiro atoms. The van der Waals surface area contributed by atoms with Gasteiger partial charge in [-0.05, 0) is 6.07 Å². The van der Waals surface area contributed by atoms with Crippen LogP contribution in [0.3, 0.4) is 0 Å². The number of nitrogens with zero attached hydrogens (tertiary/aromatic N) is 1. The lowest BCUT2D eigenvalue weighted by Gasteiger charge is -2.16. The lowest BCUT2D eigenvalue weighted by molar-refractivity contribution is -0.121. The van der Waals surface area contributed by atoms with Gasteiger partial charge in [-0.3, -0.25) is 14.5 Å². The largest absolute Gasteiger partial charge is 0.395 e. The van der Waals surface area contributed by atoms with Crippen molar-refractivity contribution < 1.29 is 14.7 Å². The number of aliphatic hydroxyl groups is 1. The zero-order chi connectivity index (χ0) is 13.1. The Bertz CT molecular complexity index is 476. The fourth-order valence-corrected chi connectivity index (χ4v) is 1.90. The van der Waals surface area contributed by atoms with Crippen molar-refractivity contribution in [1.82, 2.24) is 10.2 Å². The number of carbonyl (C=O) groups excluding carboxylic acids is 2. The number of hydrogen-bond acceptors (Lipinski definition) is 3. The summed E-state index contributed by atoms with van der Waals surface area (Å²) in [6.07, 6.45) is 0. The van der Waals surface area contributed by atoms with Crippen LogP contribution in [-0.2, 0) is 4.79 Å². The maximum absolute atomic E-state index is 12.1. The van der Waals surface area contributed by atoms with E-state index in [0.29, 0.717) is 11.3 Å². The number of carbonyl (C=O) groups is 2. The second-order valence-electron chi connectivity index (χ2n) is 3.96. The van der Waals surface area contributed by atoms with Crippen LogP contribution in [-0.4, -0.2) is 41.5 Å². The minimum Gasteiger partial charge on any atom is -0.395 e. The summed E-state index contributed by atoms with van der Waals surface area (Å²) in [5, 5.41) is 11.1. The van der Waals surface area contributed by atoms with Gasteiger partial charge in [-0.2, -0.15) is 0 Å². The lowest BCUT2D eigenvalue weighted by atomic mass is 10.1. The SMILES string of the molecule is C=C1c2ccccc2C(=O)N1CC(=O)NCCO. The first-order valence-electron chi connectivity index (χ1n) is 5.63. The molecule has 5 heteroatoms. The molecule has 5 nitrogen and oxygen atoms in total. The predicted octanol–water partition coefficient (Wildman–Crippen LogP) is 0.222. The summed E-state index contributed by atoms with van der Waals surface area (Å²) in [5.41, 5.74) is 1.87. The van der Waals surface area contributed by atoms with E-state index < -0.39 is 0 Å². The Balaban J connectivity index is 2.11. The molecule has 2 rings (SSSR count). The molecule has 0 saturated heterocycles. The Kier molecular flexibility index (Phi) is 3.43. The minimum atomic E-state index is -0.314. The van der Waals surface area contributed by atoms with Crippen LogP contribution in [0.25, 0.3) is 5.70 Å². The standard InChI is InChI=1S/C13H14N2O3/c1-9-10-4-2-3-5-11(10)13(18)15(9)8-12(17)14-6-7-16/h2-5,16H,1,6-8H2,(H,14,17). The van der Waals surface area contributed by atoms with Crippen molar-refractivity contribution in [2.24, 2.45) is 0 Å². The molecule has 18 heavy (non-hydrogen) atoms. The average Bonchev–Trinajstić information content (AvgIpc) is 2.62. The summed E-state index contributed by atoms with van der Waals surface area (Å²) in [4.78, 5) is 24.9. The number of benzene rings is 1. The first kappa shape index (κ1) is 12.3. The molecule has 94 valence electrons. The van der Waals surface area contributed by atoms with Gasteiger partial charge in [-0.1, -0.05) is 24.8 Å². The first-order valence-corrected chi connectivity index (χ1v) is 5.63. The van der Waals surface area contributed by atoms with E-state index in [9.17, 15) is 9.59 Å². The Morgan fingerprint density at radius 2 is 2.00 bits per heavy atom. The van der Waals surface area contributed by atoms with Gasteiger partial charge in [0.1, 0.15) is 6.54 Å². The van der Waals surface area contributed by atoms with E-state index in [1.54, 1.807) is 18.2 Å². The summed E-state index contributed by atoms with van der Waals surface area (Å²) in [6.45, 7) is 3.82. The van der Waals surface area contributed by atoms with Gasteiger partial charge in [0.2, 0.25) is 5.91 Å². The minimum absolute atomic E-state index is 0.0770. The molecule has 0 atom stereocenters. The number of nitrogens with one attached hydrogen (secondary N) is 1. The fourth-order valence-electron chi connectivity index (χ4n) is 1.90. The van der Waals surface area contributed by atoms with Crippen LogP contribution in [0.1, 0.15) is 15.9 Å². The van der Waals surface area contributed by atoms with Gasteiger partial charge in [0, 0.05) is 23.4 Å². The zero-order valence-corrected chi connectivity index (χ0v) is 9.85. The third-order valence-electron chi connectivity index (χ3n) is 2.78. The van der Waals surface area contributed by atoms with Crippen LogP contribution < -0.4 is 5.32 Å². The molecule has 0 aromatic heterocycles. The van der Waals surface area contributed by atoms with Gasteiger partial charge in [0.05, 0.1) is 6.61 Å². The van der Waals surface area contributed by atoms with Crippen molar-refractivity contribution in [1.29, 1.82) is 0 Å². The summed E-state index contributed by atoms with van der Waals surface area (Å²) in [5.74, 6) is -0.527. The van der Waals surface area contributed by atoms with Gasteiger partial charge in [-0.25, -0.2) is 0 Å². The normalized spacial score (nSPS) is 13.7. The van der Waals surface area contributed by atoms with Crippen molar-refractivity contribution in [3.05, 3.63) is 42.0 Å². The summed E-state index contributed by atoms with van der Waals surface area (Å²) in [7, 11) is 0. The molecular formula is C13H14N2O3. The molecule has 1 aromatic rings. The highest BCUT2D eigenvalue weighted by Gasteiger charge is 2.31. The molecule has 2 N–H and O–H groups in total. The number of rotatable bonds is 4. The average molecular weight is 246 g/mol. The maximum atomic E-state index is 12.1. The van der Waals surface area contributed by atoms with Crippen LogP contribution in [0.2, 0.25) is 0 Å². The van der Waals surface area contributed by atoms with Crippen LogP contribution in [0.4, 0.5) is 0 Å². The molecule has 1 heterocycles. The van der Waals surface area contributed by atoms with E-state index in [4.69, 9.17) is 5.11 Å². The van der Waals surface area contributed by atoms with Crippen LogP contribution in [0, 0.1) is 0 Å². The summed E-state index contributed by atoms with van der Waals surface area (Å²) < 4.78 is 0. The van der Waals surface area contributed by atoms with Crippen molar-refractivity contribution >= 4 is 17.5 Å². The molecule has 2 amide bonds.